The molecule has 3 heterocycles. The number of amides is 2. The number of methoxy groups -OCH3 is 1. The van der Waals surface area contributed by atoms with Crippen LogP contribution in [0.3, 0.4) is 0 Å². The van der Waals surface area contributed by atoms with Gasteiger partial charge in [-0.05, 0) is 55.7 Å². The zero-order valence-corrected chi connectivity index (χ0v) is 20.8. The Morgan fingerprint density at radius 2 is 1.94 bits per heavy atom. The smallest absolute Gasteiger partial charge is 0.230 e. The van der Waals surface area contributed by atoms with E-state index in [2.05, 4.69) is 46.4 Å². The molecule has 2 aliphatic rings. The molecule has 0 radical (unpaired) electrons. The number of aromatic nitrogens is 2. The van der Waals surface area contributed by atoms with Crippen LogP contribution in [0.2, 0.25) is 0 Å². The number of hydrogen-bond donors (Lipinski definition) is 4. The predicted molar refractivity (Wildman–Crippen MR) is 136 cm³/mol. The molecule has 2 saturated heterocycles. The van der Waals surface area contributed by atoms with Crippen molar-refractivity contribution in [3.05, 3.63) is 70.9 Å². The molecule has 2 fully saturated rings. The highest BCUT2D eigenvalue weighted by Crippen LogP contribution is 2.31. The minimum atomic E-state index is -0.628. The van der Waals surface area contributed by atoms with Gasteiger partial charge in [-0.15, -0.1) is 0 Å². The lowest BCUT2D eigenvalue weighted by Crippen LogP contribution is -2.62. The Morgan fingerprint density at radius 1 is 1.17 bits per heavy atom. The predicted octanol–water partition coefficient (Wildman–Crippen LogP) is 2.14. The van der Waals surface area contributed by atoms with E-state index in [1.54, 1.807) is 17.9 Å². The second-order valence-corrected chi connectivity index (χ2v) is 9.27. The Kier molecular flexibility index (Phi) is 6.38. The van der Waals surface area contributed by atoms with Gasteiger partial charge in [0.15, 0.2) is 6.29 Å². The number of nitrogens with zero attached hydrogens (tertiary/aromatic N) is 3. The number of hydrogen-bond acceptors (Lipinski definition) is 7. The lowest BCUT2D eigenvalue weighted by molar-refractivity contribution is -0.129. The van der Waals surface area contributed by atoms with Gasteiger partial charge in [0.25, 0.3) is 0 Å². The highest BCUT2D eigenvalue weighted by Gasteiger charge is 2.45. The number of benzene rings is 2. The van der Waals surface area contributed by atoms with Crippen LogP contribution in [0.4, 0.5) is 11.5 Å². The maximum atomic E-state index is 13.1. The van der Waals surface area contributed by atoms with Crippen LogP contribution >= 0.6 is 0 Å². The lowest BCUT2D eigenvalue weighted by Gasteiger charge is -2.38. The average molecular weight is 490 g/mol. The molecule has 0 spiro atoms. The molecule has 10 nitrogen and oxygen atoms in total. The SMILES string of the molecule is COc1ccc(CC(=O)Nc2cc(C)nn2C2NC(=O)C3CNN(c4cccc(C)c4C)C3N2)cc1. The standard InChI is InChI=1S/C26H31N7O3/c1-15-6-5-7-21(17(15)3)32-24-20(14-27-32)25(35)30-26(29-24)33-22(12-16(2)31-33)28-23(34)13-18-8-10-19(36-4)11-9-18/h5-12,20,24,26-27,29H,13-14H2,1-4H3,(H,28,34)(H,30,35). The van der Waals surface area contributed by atoms with Gasteiger partial charge in [-0.1, -0.05) is 24.3 Å². The topological polar surface area (TPSA) is 113 Å². The molecule has 3 atom stereocenters. The number of anilines is 2. The number of ether oxygens (including phenoxy) is 1. The lowest BCUT2D eigenvalue weighted by atomic mass is 10.0. The summed E-state index contributed by atoms with van der Waals surface area (Å²) in [5, 5.41) is 16.1. The third kappa shape index (κ3) is 4.52. The fourth-order valence-electron chi connectivity index (χ4n) is 4.74. The van der Waals surface area contributed by atoms with Crippen LogP contribution in [-0.4, -0.2) is 41.4 Å². The monoisotopic (exact) mass is 489 g/mol. The number of carbonyl (C=O) groups is 2. The maximum Gasteiger partial charge on any atom is 0.230 e. The largest absolute Gasteiger partial charge is 0.497 e. The number of rotatable bonds is 6. The summed E-state index contributed by atoms with van der Waals surface area (Å²) in [6.07, 6.45) is -0.707. The fraction of sp³-hybridized carbons (Fsp3) is 0.346. The molecule has 2 amide bonds. The Morgan fingerprint density at radius 3 is 2.69 bits per heavy atom. The van der Waals surface area contributed by atoms with E-state index >= 15 is 0 Å². The van der Waals surface area contributed by atoms with Crippen LogP contribution < -0.4 is 31.1 Å². The van der Waals surface area contributed by atoms with Gasteiger partial charge in [-0.2, -0.15) is 5.10 Å². The average Bonchev–Trinajstić information content (AvgIpc) is 3.44. The van der Waals surface area contributed by atoms with Crippen molar-refractivity contribution in [2.24, 2.45) is 5.92 Å². The van der Waals surface area contributed by atoms with Gasteiger partial charge in [-0.3, -0.25) is 19.9 Å². The van der Waals surface area contributed by atoms with Crippen molar-refractivity contribution in [1.82, 2.24) is 25.8 Å². The van der Waals surface area contributed by atoms with E-state index in [0.717, 1.165) is 28.3 Å². The number of carbonyl (C=O) groups excluding carboxylic acids is 2. The van der Waals surface area contributed by atoms with Gasteiger partial charge >= 0.3 is 0 Å². The van der Waals surface area contributed by atoms with Gasteiger partial charge < -0.3 is 15.4 Å². The van der Waals surface area contributed by atoms with Crippen molar-refractivity contribution >= 4 is 23.3 Å². The summed E-state index contributed by atoms with van der Waals surface area (Å²) in [6, 6.07) is 15.3. The number of fused-ring (bicyclic) bond motifs is 1. The second kappa shape index (κ2) is 9.63. The number of hydrazine groups is 1. The molecule has 0 bridgehead atoms. The van der Waals surface area contributed by atoms with E-state index in [9.17, 15) is 9.59 Å². The second-order valence-electron chi connectivity index (χ2n) is 9.27. The summed E-state index contributed by atoms with van der Waals surface area (Å²) in [4.78, 5) is 25.9. The van der Waals surface area contributed by atoms with Gasteiger partial charge in [0.2, 0.25) is 11.8 Å². The molecule has 0 saturated carbocycles. The van der Waals surface area contributed by atoms with Crippen LogP contribution in [-0.2, 0) is 16.0 Å². The van der Waals surface area contributed by atoms with E-state index in [0.29, 0.717) is 12.4 Å². The van der Waals surface area contributed by atoms with Crippen LogP contribution in [0, 0.1) is 26.7 Å². The van der Waals surface area contributed by atoms with Crippen molar-refractivity contribution in [1.29, 1.82) is 0 Å². The summed E-state index contributed by atoms with van der Waals surface area (Å²) in [5.74, 6) is 0.715. The zero-order valence-electron chi connectivity index (χ0n) is 20.8. The summed E-state index contributed by atoms with van der Waals surface area (Å²) in [7, 11) is 1.61. The molecule has 0 aliphatic carbocycles. The van der Waals surface area contributed by atoms with Crippen molar-refractivity contribution in [2.75, 3.05) is 24.0 Å². The van der Waals surface area contributed by atoms with E-state index < -0.39 is 6.29 Å². The number of aryl methyl sites for hydroxylation is 2. The molecule has 2 aliphatic heterocycles. The van der Waals surface area contributed by atoms with E-state index in [1.807, 2.05) is 48.3 Å². The Balaban J connectivity index is 1.35. The van der Waals surface area contributed by atoms with Gasteiger partial charge in [0.1, 0.15) is 17.7 Å². The minimum absolute atomic E-state index is 0.0762. The molecular formula is C26H31N7O3. The minimum Gasteiger partial charge on any atom is -0.497 e. The van der Waals surface area contributed by atoms with Crippen molar-refractivity contribution < 1.29 is 14.3 Å². The van der Waals surface area contributed by atoms with Crippen molar-refractivity contribution in [2.45, 2.75) is 39.6 Å². The number of nitrogens with one attached hydrogen (secondary N) is 4. The fourth-order valence-corrected chi connectivity index (χ4v) is 4.74. The first kappa shape index (κ1) is 23.8. The first-order chi connectivity index (χ1) is 17.3. The Hall–Kier alpha value is -3.89. The maximum absolute atomic E-state index is 13.1. The quantitative estimate of drug-likeness (QED) is 0.420. The summed E-state index contributed by atoms with van der Waals surface area (Å²) >= 11 is 0. The highest BCUT2D eigenvalue weighted by molar-refractivity contribution is 5.91. The first-order valence-electron chi connectivity index (χ1n) is 12.0. The molecule has 36 heavy (non-hydrogen) atoms. The highest BCUT2D eigenvalue weighted by atomic mass is 16.5. The van der Waals surface area contributed by atoms with Crippen LogP contribution in [0.5, 0.6) is 5.75 Å². The molecule has 3 unspecified atom stereocenters. The van der Waals surface area contributed by atoms with E-state index in [4.69, 9.17) is 4.74 Å². The molecular weight excluding hydrogens is 458 g/mol. The molecule has 5 rings (SSSR count). The zero-order chi connectivity index (χ0) is 25.4. The third-order valence-corrected chi connectivity index (χ3v) is 6.81. The van der Waals surface area contributed by atoms with E-state index in [-0.39, 0.29) is 30.3 Å². The normalized spacial score (nSPS) is 21.2. The van der Waals surface area contributed by atoms with Crippen molar-refractivity contribution in [3.8, 4) is 5.75 Å². The van der Waals surface area contributed by atoms with Gasteiger partial charge in [0.05, 0.1) is 30.8 Å². The summed E-state index contributed by atoms with van der Waals surface area (Å²) in [6.45, 7) is 6.52. The third-order valence-electron chi connectivity index (χ3n) is 6.81. The summed E-state index contributed by atoms with van der Waals surface area (Å²) < 4.78 is 6.80. The first-order valence-corrected chi connectivity index (χ1v) is 12.0. The molecule has 1 aromatic heterocycles. The Labute approximate surface area is 210 Å². The summed E-state index contributed by atoms with van der Waals surface area (Å²) in [5.41, 5.74) is 8.32. The van der Waals surface area contributed by atoms with Crippen LogP contribution in [0.1, 0.15) is 28.7 Å². The van der Waals surface area contributed by atoms with E-state index in [1.165, 1.54) is 5.56 Å². The van der Waals surface area contributed by atoms with Gasteiger partial charge in [-0.25, -0.2) is 10.1 Å². The molecule has 10 heteroatoms. The van der Waals surface area contributed by atoms with Crippen LogP contribution in [0.15, 0.2) is 48.5 Å². The molecule has 2 aromatic carbocycles. The van der Waals surface area contributed by atoms with Crippen molar-refractivity contribution in [3.63, 3.8) is 0 Å². The molecule has 4 N–H and O–H groups in total. The van der Waals surface area contributed by atoms with Crippen LogP contribution in [0.25, 0.3) is 0 Å². The Bertz CT molecular complexity index is 1290. The molecule has 188 valence electrons. The molecule has 3 aromatic rings. The van der Waals surface area contributed by atoms with Gasteiger partial charge in [0, 0.05) is 12.6 Å².